The fourth-order valence-corrected chi connectivity index (χ4v) is 7.55. The summed E-state index contributed by atoms with van der Waals surface area (Å²) in [5.41, 5.74) is 1.91. The molecule has 0 bridgehead atoms. The number of piperidine rings is 1. The predicted octanol–water partition coefficient (Wildman–Crippen LogP) is 5.51. The number of thiazole rings is 1. The minimum atomic E-state index is -3.51. The second-order valence-corrected chi connectivity index (χ2v) is 12.1. The number of nitrogens with zero attached hydrogens (tertiary/aromatic N) is 2. The molecule has 0 amide bonds. The molecule has 1 aliphatic heterocycles. The molecule has 1 saturated heterocycles. The molecule has 188 valence electrons. The van der Waals surface area contributed by atoms with Gasteiger partial charge >= 0.3 is 0 Å². The van der Waals surface area contributed by atoms with Gasteiger partial charge in [-0.1, -0.05) is 23.2 Å². The largest absolute Gasteiger partial charge is 0.493 e. The highest BCUT2D eigenvalue weighted by Gasteiger charge is 2.32. The second-order valence-electron chi connectivity index (χ2n) is 8.17. The summed E-state index contributed by atoms with van der Waals surface area (Å²) in [6.45, 7) is 1.21. The van der Waals surface area contributed by atoms with Crippen molar-refractivity contribution in [2.24, 2.45) is 0 Å². The van der Waals surface area contributed by atoms with E-state index in [2.05, 4.69) is 4.90 Å². The normalized spacial score (nSPS) is 14.7. The Morgan fingerprint density at radius 1 is 0.971 bits per heavy atom. The summed E-state index contributed by atoms with van der Waals surface area (Å²) < 4.78 is 42.5. The van der Waals surface area contributed by atoms with Crippen LogP contribution in [0.4, 0.5) is 5.13 Å². The van der Waals surface area contributed by atoms with Crippen molar-refractivity contribution in [1.82, 2.24) is 4.98 Å². The molecule has 0 unspecified atom stereocenters. The molecule has 1 fully saturated rings. The van der Waals surface area contributed by atoms with Crippen LogP contribution in [0.15, 0.2) is 40.6 Å². The third kappa shape index (κ3) is 5.63. The summed E-state index contributed by atoms with van der Waals surface area (Å²) in [6, 6.07) is 8.29. The lowest BCUT2D eigenvalue weighted by Gasteiger charge is -2.31. The van der Waals surface area contributed by atoms with Gasteiger partial charge in [-0.3, -0.25) is 0 Å². The lowest BCUT2D eigenvalue weighted by atomic mass is 10.1. The number of benzene rings is 2. The van der Waals surface area contributed by atoms with Crippen molar-refractivity contribution in [3.63, 3.8) is 0 Å². The number of rotatable bonds is 8. The van der Waals surface area contributed by atoms with E-state index >= 15 is 0 Å². The van der Waals surface area contributed by atoms with Crippen molar-refractivity contribution in [3.05, 3.63) is 57.0 Å². The third-order valence-corrected chi connectivity index (χ3v) is 9.59. The molecule has 11 heteroatoms. The van der Waals surface area contributed by atoms with Gasteiger partial charge in [-0.25, -0.2) is 13.4 Å². The monoisotopic (exact) mass is 556 g/mol. The highest BCUT2D eigenvalue weighted by atomic mass is 35.5. The number of sulfone groups is 1. The van der Waals surface area contributed by atoms with E-state index < -0.39 is 15.1 Å². The SMILES string of the molecule is COc1cc(Cc2csc(N3CCC(S(=O)(=O)c4cc(Cl)cc(Cl)c4)CC3)n2)cc(OC)c1OC. The number of methoxy groups -OCH3 is 3. The van der Waals surface area contributed by atoms with Crippen LogP contribution >= 0.6 is 34.5 Å². The first-order chi connectivity index (χ1) is 16.7. The molecule has 0 aliphatic carbocycles. The van der Waals surface area contributed by atoms with Gasteiger partial charge in [0.15, 0.2) is 26.5 Å². The van der Waals surface area contributed by atoms with Crippen molar-refractivity contribution in [1.29, 1.82) is 0 Å². The lowest BCUT2D eigenvalue weighted by Crippen LogP contribution is -2.39. The Balaban J connectivity index is 1.44. The molecule has 35 heavy (non-hydrogen) atoms. The van der Waals surface area contributed by atoms with Gasteiger partial charge in [0.2, 0.25) is 5.75 Å². The Morgan fingerprint density at radius 2 is 1.57 bits per heavy atom. The zero-order valence-electron chi connectivity index (χ0n) is 19.6. The first-order valence-corrected chi connectivity index (χ1v) is 14.1. The van der Waals surface area contributed by atoms with Crippen LogP contribution in [-0.4, -0.2) is 53.1 Å². The summed E-state index contributed by atoms with van der Waals surface area (Å²) in [6.07, 6.45) is 1.62. The van der Waals surface area contributed by atoms with Crippen LogP contribution in [0.2, 0.25) is 10.0 Å². The summed E-state index contributed by atoms with van der Waals surface area (Å²) in [5, 5.41) is 3.06. The topological polar surface area (TPSA) is 78.0 Å². The maximum absolute atomic E-state index is 13.1. The molecule has 1 aliphatic rings. The Bertz CT molecular complexity index is 1260. The van der Waals surface area contributed by atoms with Crippen molar-refractivity contribution in [2.75, 3.05) is 39.3 Å². The van der Waals surface area contributed by atoms with Crippen LogP contribution in [0, 0.1) is 0 Å². The van der Waals surface area contributed by atoms with E-state index in [9.17, 15) is 8.42 Å². The van der Waals surface area contributed by atoms with Gasteiger partial charge in [0.05, 0.1) is 37.2 Å². The molecule has 0 spiro atoms. The van der Waals surface area contributed by atoms with E-state index in [-0.39, 0.29) is 4.90 Å². The molecule has 2 aromatic carbocycles. The van der Waals surface area contributed by atoms with Gasteiger partial charge in [-0.15, -0.1) is 11.3 Å². The Labute approximate surface area is 219 Å². The van der Waals surface area contributed by atoms with Crippen molar-refractivity contribution < 1.29 is 22.6 Å². The fraction of sp³-hybridized carbons (Fsp3) is 0.375. The standard InChI is InChI=1S/C24H26Cl2N2O5S2/c1-31-21-9-15(10-22(32-2)23(21)33-3)8-18-14-34-24(27-18)28-6-4-19(5-7-28)35(29,30)20-12-16(25)11-17(26)13-20/h9-14,19H,4-8H2,1-3H3. The van der Waals surface area contributed by atoms with Crippen LogP contribution in [0.1, 0.15) is 24.1 Å². The van der Waals surface area contributed by atoms with Gasteiger partial charge in [0.25, 0.3) is 0 Å². The second kappa shape index (κ2) is 10.8. The predicted molar refractivity (Wildman–Crippen MR) is 140 cm³/mol. The molecule has 1 aromatic heterocycles. The van der Waals surface area contributed by atoms with Crippen molar-refractivity contribution >= 4 is 49.5 Å². The maximum atomic E-state index is 13.1. The number of hydrogen-bond donors (Lipinski definition) is 0. The molecule has 0 radical (unpaired) electrons. The van der Waals surface area contributed by atoms with Gasteiger partial charge in [-0.2, -0.15) is 0 Å². The number of halogens is 2. The summed E-state index contributed by atoms with van der Waals surface area (Å²) in [4.78, 5) is 7.11. The number of anilines is 1. The van der Waals surface area contributed by atoms with Crippen LogP contribution in [0.5, 0.6) is 17.2 Å². The highest BCUT2D eigenvalue weighted by molar-refractivity contribution is 7.92. The summed E-state index contributed by atoms with van der Waals surface area (Å²) >= 11 is 13.6. The average molecular weight is 558 g/mol. The van der Waals surface area contributed by atoms with Gasteiger partial charge in [0.1, 0.15) is 0 Å². The Hall–Kier alpha value is -2.20. The fourth-order valence-electron chi connectivity index (χ4n) is 4.21. The minimum Gasteiger partial charge on any atom is -0.493 e. The Morgan fingerprint density at radius 3 is 2.11 bits per heavy atom. The first kappa shape index (κ1) is 25.9. The number of ether oxygens (including phenoxy) is 3. The molecule has 0 atom stereocenters. The van der Waals surface area contributed by atoms with E-state index in [4.69, 9.17) is 42.4 Å². The highest BCUT2D eigenvalue weighted by Crippen LogP contribution is 2.39. The van der Waals surface area contributed by atoms with Crippen LogP contribution in [0.25, 0.3) is 0 Å². The summed E-state index contributed by atoms with van der Waals surface area (Å²) in [7, 11) is 1.24. The van der Waals surface area contributed by atoms with E-state index in [1.807, 2.05) is 17.5 Å². The molecule has 2 heterocycles. The molecule has 4 rings (SSSR count). The average Bonchev–Trinajstić information content (AvgIpc) is 3.31. The van der Waals surface area contributed by atoms with Gasteiger partial charge < -0.3 is 19.1 Å². The number of aromatic nitrogens is 1. The lowest BCUT2D eigenvalue weighted by molar-refractivity contribution is 0.324. The molecule has 3 aromatic rings. The molecule has 0 N–H and O–H groups in total. The molecular weight excluding hydrogens is 531 g/mol. The van der Waals surface area contributed by atoms with E-state index in [1.165, 1.54) is 18.2 Å². The third-order valence-electron chi connectivity index (χ3n) is 5.97. The summed E-state index contributed by atoms with van der Waals surface area (Å²) in [5.74, 6) is 1.75. The minimum absolute atomic E-state index is 0.176. The van der Waals surface area contributed by atoms with E-state index in [0.717, 1.165) is 16.4 Å². The zero-order valence-corrected chi connectivity index (χ0v) is 22.7. The molecule has 7 nitrogen and oxygen atoms in total. The van der Waals surface area contributed by atoms with Crippen LogP contribution in [-0.2, 0) is 16.3 Å². The smallest absolute Gasteiger partial charge is 0.203 e. The van der Waals surface area contributed by atoms with Crippen LogP contribution < -0.4 is 19.1 Å². The quantitative estimate of drug-likeness (QED) is 0.362. The zero-order chi connectivity index (χ0) is 25.2. The van der Waals surface area contributed by atoms with E-state index in [0.29, 0.717) is 59.6 Å². The van der Waals surface area contributed by atoms with Crippen molar-refractivity contribution in [2.45, 2.75) is 29.4 Å². The van der Waals surface area contributed by atoms with Crippen LogP contribution in [0.3, 0.4) is 0 Å². The number of hydrogen-bond acceptors (Lipinski definition) is 8. The van der Waals surface area contributed by atoms with E-state index in [1.54, 1.807) is 32.7 Å². The molecular formula is C24H26Cl2N2O5S2. The molecule has 0 saturated carbocycles. The maximum Gasteiger partial charge on any atom is 0.203 e. The van der Waals surface area contributed by atoms with Crippen molar-refractivity contribution in [3.8, 4) is 17.2 Å². The Kier molecular flexibility index (Phi) is 8.00. The van der Waals surface area contributed by atoms with Gasteiger partial charge in [-0.05, 0) is 48.7 Å². The first-order valence-electron chi connectivity index (χ1n) is 10.9. The van der Waals surface area contributed by atoms with Gasteiger partial charge in [0, 0.05) is 34.9 Å².